The van der Waals surface area contributed by atoms with Gasteiger partial charge in [0.05, 0.1) is 5.97 Å². The van der Waals surface area contributed by atoms with E-state index >= 15 is 0 Å². The van der Waals surface area contributed by atoms with Gasteiger partial charge in [-0.15, -0.1) is 0 Å². The Kier molecular flexibility index (Phi) is 2.97. The Bertz CT molecular complexity index is 325. The van der Waals surface area contributed by atoms with Gasteiger partial charge in [-0.2, -0.15) is 0 Å². The largest absolute Gasteiger partial charge is 0.544 e. The molecule has 0 saturated carbocycles. The van der Waals surface area contributed by atoms with Crippen LogP contribution in [0.2, 0.25) is 0 Å². The van der Waals surface area contributed by atoms with Gasteiger partial charge in [0.15, 0.2) is 11.5 Å². The molecule has 0 aliphatic heterocycles. The highest BCUT2D eigenvalue weighted by atomic mass is 19.1. The van der Waals surface area contributed by atoms with Crippen LogP contribution in [-0.2, 0) is 4.79 Å². The molecule has 0 atom stereocenters. The summed E-state index contributed by atoms with van der Waals surface area (Å²) in [5.74, 6) is -1.62. The van der Waals surface area contributed by atoms with Gasteiger partial charge in [-0.25, -0.2) is 4.39 Å². The van der Waals surface area contributed by atoms with E-state index in [0.29, 0.717) is 5.69 Å². The summed E-state index contributed by atoms with van der Waals surface area (Å²) in [5.41, 5.74) is 1.20. The number of carbonyl (C=O) groups is 1. The Balaban J connectivity index is 2.75. The van der Waals surface area contributed by atoms with E-state index in [1.807, 2.05) is 6.92 Å². The molecule has 0 unspecified atom stereocenters. The second-order valence-electron chi connectivity index (χ2n) is 2.81. The SMILES string of the molecule is Cc1ccc(F)c([NH2+]CC(=O)[O-])c1. The van der Waals surface area contributed by atoms with Crippen molar-refractivity contribution in [2.24, 2.45) is 0 Å². The fraction of sp³-hybridized carbons (Fsp3) is 0.222. The lowest BCUT2D eigenvalue weighted by Crippen LogP contribution is -2.81. The monoisotopic (exact) mass is 183 g/mol. The second kappa shape index (κ2) is 4.00. The van der Waals surface area contributed by atoms with Crippen LogP contribution in [0.3, 0.4) is 0 Å². The normalized spacial score (nSPS) is 10.0. The molecular formula is C9H10FNO2. The molecule has 0 aliphatic carbocycles. The van der Waals surface area contributed by atoms with E-state index in [2.05, 4.69) is 0 Å². The van der Waals surface area contributed by atoms with Crippen molar-refractivity contribution < 1.29 is 19.6 Å². The summed E-state index contributed by atoms with van der Waals surface area (Å²) in [5, 5.41) is 11.4. The predicted molar refractivity (Wildman–Crippen MR) is 42.6 cm³/mol. The maximum absolute atomic E-state index is 13.0. The first-order valence-corrected chi connectivity index (χ1v) is 3.89. The number of carboxylic acids is 1. The van der Waals surface area contributed by atoms with Crippen LogP contribution in [0.5, 0.6) is 0 Å². The van der Waals surface area contributed by atoms with Crippen LogP contribution in [0.4, 0.5) is 10.1 Å². The van der Waals surface area contributed by atoms with E-state index in [-0.39, 0.29) is 6.54 Å². The quantitative estimate of drug-likeness (QED) is 0.616. The summed E-state index contributed by atoms with van der Waals surface area (Å²) in [7, 11) is 0. The minimum atomic E-state index is -1.21. The fourth-order valence-electron chi connectivity index (χ4n) is 1.01. The fourth-order valence-corrected chi connectivity index (χ4v) is 1.01. The Labute approximate surface area is 75.2 Å². The highest BCUT2D eigenvalue weighted by Gasteiger charge is 2.05. The van der Waals surface area contributed by atoms with Crippen LogP contribution in [0.25, 0.3) is 0 Å². The smallest absolute Gasteiger partial charge is 0.183 e. The van der Waals surface area contributed by atoms with Gasteiger partial charge < -0.3 is 15.2 Å². The molecular weight excluding hydrogens is 173 g/mol. The van der Waals surface area contributed by atoms with Crippen LogP contribution in [0.15, 0.2) is 18.2 Å². The summed E-state index contributed by atoms with van der Waals surface area (Å²) in [6.07, 6.45) is 0. The molecule has 0 radical (unpaired) electrons. The number of carboxylic acid groups (broad SMARTS) is 1. The first-order chi connectivity index (χ1) is 6.09. The van der Waals surface area contributed by atoms with Crippen molar-refractivity contribution in [3.63, 3.8) is 0 Å². The zero-order chi connectivity index (χ0) is 9.84. The zero-order valence-electron chi connectivity index (χ0n) is 7.21. The Morgan fingerprint density at radius 2 is 2.31 bits per heavy atom. The molecule has 13 heavy (non-hydrogen) atoms. The van der Waals surface area contributed by atoms with E-state index in [0.717, 1.165) is 5.56 Å². The van der Waals surface area contributed by atoms with Crippen molar-refractivity contribution in [2.45, 2.75) is 6.92 Å². The van der Waals surface area contributed by atoms with Crippen LogP contribution in [-0.4, -0.2) is 12.5 Å². The number of halogens is 1. The number of hydrogen-bond acceptors (Lipinski definition) is 2. The topological polar surface area (TPSA) is 56.7 Å². The van der Waals surface area contributed by atoms with E-state index in [1.165, 1.54) is 11.4 Å². The standard InChI is InChI=1S/C9H10FNO2/c1-6-2-3-7(10)8(4-6)11-5-9(12)13/h2-4,11H,5H2,1H3,(H,12,13). The van der Waals surface area contributed by atoms with Crippen molar-refractivity contribution >= 4 is 11.7 Å². The number of carbonyl (C=O) groups excluding carboxylic acids is 1. The van der Waals surface area contributed by atoms with Gasteiger partial charge in [0, 0.05) is 6.07 Å². The lowest BCUT2D eigenvalue weighted by molar-refractivity contribution is -0.571. The van der Waals surface area contributed by atoms with Crippen molar-refractivity contribution in [3.05, 3.63) is 29.6 Å². The molecule has 1 aromatic rings. The molecule has 4 heteroatoms. The summed E-state index contributed by atoms with van der Waals surface area (Å²) in [6, 6.07) is 4.54. The van der Waals surface area contributed by atoms with Gasteiger partial charge in [-0.05, 0) is 18.6 Å². The molecule has 1 rings (SSSR count). The van der Waals surface area contributed by atoms with Crippen LogP contribution in [0, 0.1) is 12.7 Å². The molecule has 0 fully saturated rings. The van der Waals surface area contributed by atoms with Crippen molar-refractivity contribution in [1.82, 2.24) is 0 Å². The average Bonchev–Trinajstić information content (AvgIpc) is 2.06. The molecule has 0 spiro atoms. The van der Waals surface area contributed by atoms with E-state index in [1.54, 1.807) is 12.1 Å². The highest BCUT2D eigenvalue weighted by Crippen LogP contribution is 2.09. The van der Waals surface area contributed by atoms with Gasteiger partial charge in [0.2, 0.25) is 0 Å². The number of aryl methyl sites for hydroxylation is 1. The minimum Gasteiger partial charge on any atom is -0.544 e. The van der Waals surface area contributed by atoms with Gasteiger partial charge in [0.1, 0.15) is 6.54 Å². The summed E-state index contributed by atoms with van der Waals surface area (Å²) < 4.78 is 13.0. The molecule has 0 bridgehead atoms. The molecule has 0 heterocycles. The van der Waals surface area contributed by atoms with Gasteiger partial charge >= 0.3 is 0 Å². The third kappa shape index (κ3) is 2.83. The summed E-state index contributed by atoms with van der Waals surface area (Å²) in [6.45, 7) is 1.55. The molecule has 3 nitrogen and oxygen atoms in total. The highest BCUT2D eigenvalue weighted by molar-refractivity contribution is 5.65. The van der Waals surface area contributed by atoms with Crippen molar-refractivity contribution in [3.8, 4) is 0 Å². The predicted octanol–water partition coefficient (Wildman–Crippen LogP) is -0.921. The van der Waals surface area contributed by atoms with E-state index < -0.39 is 11.8 Å². The maximum Gasteiger partial charge on any atom is 0.183 e. The number of rotatable bonds is 3. The van der Waals surface area contributed by atoms with Gasteiger partial charge in [-0.3, -0.25) is 0 Å². The average molecular weight is 183 g/mol. The van der Waals surface area contributed by atoms with Crippen LogP contribution in [0.1, 0.15) is 5.56 Å². The molecule has 0 amide bonds. The third-order valence-electron chi connectivity index (χ3n) is 1.64. The Morgan fingerprint density at radius 1 is 1.62 bits per heavy atom. The van der Waals surface area contributed by atoms with Gasteiger partial charge in [-0.1, -0.05) is 6.07 Å². The Morgan fingerprint density at radius 3 is 2.92 bits per heavy atom. The number of nitrogens with two attached hydrogens (primary N) is 1. The first kappa shape index (κ1) is 9.67. The number of benzene rings is 1. The molecule has 2 N–H and O–H groups in total. The second-order valence-corrected chi connectivity index (χ2v) is 2.81. The lowest BCUT2D eigenvalue weighted by Gasteiger charge is -2.03. The molecule has 0 aliphatic rings. The van der Waals surface area contributed by atoms with Gasteiger partial charge in [0.25, 0.3) is 0 Å². The maximum atomic E-state index is 13.0. The third-order valence-corrected chi connectivity index (χ3v) is 1.64. The summed E-state index contributed by atoms with van der Waals surface area (Å²) >= 11 is 0. The van der Waals surface area contributed by atoms with E-state index in [9.17, 15) is 14.3 Å². The summed E-state index contributed by atoms with van der Waals surface area (Å²) in [4.78, 5) is 10.1. The molecule has 1 aromatic carbocycles. The number of hydrogen-bond donors (Lipinski definition) is 1. The number of quaternary nitrogens is 1. The first-order valence-electron chi connectivity index (χ1n) is 3.89. The van der Waals surface area contributed by atoms with Crippen molar-refractivity contribution in [2.75, 3.05) is 6.54 Å². The lowest BCUT2D eigenvalue weighted by atomic mass is 10.2. The Hall–Kier alpha value is -1.42. The molecule has 0 saturated heterocycles. The van der Waals surface area contributed by atoms with Crippen LogP contribution >= 0.6 is 0 Å². The van der Waals surface area contributed by atoms with E-state index in [4.69, 9.17) is 0 Å². The van der Waals surface area contributed by atoms with Crippen LogP contribution < -0.4 is 10.4 Å². The zero-order valence-corrected chi connectivity index (χ0v) is 7.21. The molecule has 0 aromatic heterocycles. The minimum absolute atomic E-state index is 0.264. The van der Waals surface area contributed by atoms with Crippen molar-refractivity contribution in [1.29, 1.82) is 0 Å². The number of aliphatic carboxylic acids is 1. The molecule has 70 valence electrons.